The molecule has 3 aromatic carbocycles. The minimum atomic E-state index is -0.111. The molecule has 0 amide bonds. The summed E-state index contributed by atoms with van der Waals surface area (Å²) >= 11 is 12.2. The van der Waals surface area contributed by atoms with E-state index < -0.39 is 0 Å². The number of Topliss-reactive ketones (excluding diaryl/α,β-unsaturated/α-hetero) is 1. The summed E-state index contributed by atoms with van der Waals surface area (Å²) in [5.74, 6) is 1.58. The van der Waals surface area contributed by atoms with Gasteiger partial charge in [-0.15, -0.1) is 0 Å². The molecule has 0 saturated carbocycles. The Balaban J connectivity index is 1.30. The number of aromatic nitrogens is 1. The molecule has 7 heteroatoms. The summed E-state index contributed by atoms with van der Waals surface area (Å²) in [6.45, 7) is 3.68. The van der Waals surface area contributed by atoms with Crippen LogP contribution in [-0.2, 0) is 20.1 Å². The van der Waals surface area contributed by atoms with E-state index >= 15 is 0 Å². The van der Waals surface area contributed by atoms with E-state index in [1.807, 2.05) is 56.6 Å². The summed E-state index contributed by atoms with van der Waals surface area (Å²) in [6.07, 6.45) is 3.85. The molecular formula is C28H22Cl2N2O3. The van der Waals surface area contributed by atoms with E-state index in [1.165, 1.54) is 0 Å². The number of aryl methyl sites for hydroxylation is 1. The van der Waals surface area contributed by atoms with Crippen LogP contribution >= 0.6 is 23.2 Å². The lowest BCUT2D eigenvalue weighted by molar-refractivity contribution is 0.0876. The van der Waals surface area contributed by atoms with E-state index in [-0.39, 0.29) is 5.78 Å². The van der Waals surface area contributed by atoms with Gasteiger partial charge in [0.1, 0.15) is 18.2 Å². The van der Waals surface area contributed by atoms with Gasteiger partial charge in [-0.05, 0) is 42.8 Å². The first-order valence-electron chi connectivity index (χ1n) is 11.3. The van der Waals surface area contributed by atoms with Gasteiger partial charge in [0.15, 0.2) is 5.76 Å². The average Bonchev–Trinajstić information content (AvgIpc) is 3.33. The van der Waals surface area contributed by atoms with Crippen LogP contribution < -0.4 is 9.47 Å². The fraction of sp³-hybridized carbons (Fsp3) is 0.179. The standard InChI is InChI=1S/C28H22Cl2N2O3/c1-16-27-19(14-32(15-34-27)12-17-7-8-22(29)23(30)9-17)10-21-26(33)25(35-28(16)21)11-18-13-31(2)24-6-4-3-5-20(18)24/h3-11,13H,12,14-15H2,1-2H3/b25-11-. The first kappa shape index (κ1) is 22.2. The Labute approximate surface area is 213 Å². The Hall–Kier alpha value is -3.25. The van der Waals surface area contributed by atoms with Crippen molar-refractivity contribution in [3.05, 3.63) is 98.3 Å². The van der Waals surface area contributed by atoms with Gasteiger partial charge in [-0.2, -0.15) is 0 Å². The maximum absolute atomic E-state index is 13.3. The average molecular weight is 505 g/mol. The second-order valence-electron chi connectivity index (χ2n) is 9.03. The highest BCUT2D eigenvalue weighted by Gasteiger charge is 2.33. The number of ether oxygens (including phenoxy) is 2. The molecule has 5 nitrogen and oxygen atoms in total. The number of nitrogens with zero attached hydrogens (tertiary/aromatic N) is 2. The molecule has 2 aliphatic rings. The van der Waals surface area contributed by atoms with Gasteiger partial charge in [0, 0.05) is 53.9 Å². The molecule has 0 saturated heterocycles. The van der Waals surface area contributed by atoms with Crippen LogP contribution in [0, 0.1) is 6.92 Å². The number of hydrogen-bond donors (Lipinski definition) is 0. The minimum absolute atomic E-state index is 0.111. The molecule has 2 aliphatic heterocycles. The Morgan fingerprint density at radius 2 is 1.89 bits per heavy atom. The first-order chi connectivity index (χ1) is 16.9. The second kappa shape index (κ2) is 8.45. The van der Waals surface area contributed by atoms with Crippen molar-refractivity contribution in [2.24, 2.45) is 7.05 Å². The number of carbonyl (C=O) groups is 1. The first-order valence-corrected chi connectivity index (χ1v) is 12.1. The molecule has 0 atom stereocenters. The normalized spacial score (nSPS) is 16.3. The van der Waals surface area contributed by atoms with Crippen molar-refractivity contribution in [2.45, 2.75) is 20.0 Å². The molecule has 0 N–H and O–H groups in total. The Kier molecular flexibility index (Phi) is 5.37. The summed E-state index contributed by atoms with van der Waals surface area (Å²) in [7, 11) is 2.00. The number of hydrogen-bond acceptors (Lipinski definition) is 4. The molecule has 35 heavy (non-hydrogen) atoms. The fourth-order valence-corrected chi connectivity index (χ4v) is 5.24. The Morgan fingerprint density at radius 1 is 1.06 bits per heavy atom. The predicted molar refractivity (Wildman–Crippen MR) is 138 cm³/mol. The molecular weight excluding hydrogens is 483 g/mol. The largest absolute Gasteiger partial charge is 0.477 e. The molecule has 176 valence electrons. The van der Waals surface area contributed by atoms with E-state index in [1.54, 1.807) is 6.07 Å². The number of ketones is 1. The number of allylic oxidation sites excluding steroid dienone is 1. The van der Waals surface area contributed by atoms with Crippen molar-refractivity contribution in [1.29, 1.82) is 0 Å². The van der Waals surface area contributed by atoms with Crippen LogP contribution in [0.5, 0.6) is 11.5 Å². The molecule has 0 bridgehead atoms. The van der Waals surface area contributed by atoms with Gasteiger partial charge in [0.05, 0.1) is 15.6 Å². The maximum Gasteiger partial charge on any atom is 0.231 e. The van der Waals surface area contributed by atoms with Crippen LogP contribution in [-0.4, -0.2) is 22.0 Å². The summed E-state index contributed by atoms with van der Waals surface area (Å²) in [6, 6.07) is 15.6. The van der Waals surface area contributed by atoms with E-state index in [2.05, 4.69) is 21.6 Å². The van der Waals surface area contributed by atoms with Gasteiger partial charge in [-0.25, -0.2) is 0 Å². The third kappa shape index (κ3) is 3.80. The van der Waals surface area contributed by atoms with Gasteiger partial charge in [0.25, 0.3) is 0 Å². The molecule has 3 heterocycles. The van der Waals surface area contributed by atoms with Crippen LogP contribution in [0.25, 0.3) is 17.0 Å². The molecule has 0 unspecified atom stereocenters. The number of para-hydroxylation sites is 1. The maximum atomic E-state index is 13.3. The summed E-state index contributed by atoms with van der Waals surface area (Å²) < 4.78 is 14.3. The van der Waals surface area contributed by atoms with Crippen molar-refractivity contribution in [1.82, 2.24) is 9.47 Å². The zero-order chi connectivity index (χ0) is 24.3. The minimum Gasteiger partial charge on any atom is -0.477 e. The van der Waals surface area contributed by atoms with Crippen LogP contribution in [0.2, 0.25) is 10.0 Å². The van der Waals surface area contributed by atoms with Crippen LogP contribution in [0.15, 0.2) is 60.5 Å². The van der Waals surface area contributed by atoms with E-state index in [9.17, 15) is 4.79 Å². The monoisotopic (exact) mass is 504 g/mol. The smallest absolute Gasteiger partial charge is 0.231 e. The third-order valence-corrected chi connectivity index (χ3v) is 7.35. The molecule has 0 aliphatic carbocycles. The SMILES string of the molecule is Cc1c2c(cc3c1O/C(=C\c1cn(C)c4ccccc14)C3=O)CN(Cc1ccc(Cl)c(Cl)c1)CO2. The quantitative estimate of drug-likeness (QED) is 0.289. The number of fused-ring (bicyclic) bond motifs is 3. The molecule has 0 radical (unpaired) electrons. The van der Waals surface area contributed by atoms with Crippen LogP contribution in [0.1, 0.15) is 32.6 Å². The molecule has 0 fully saturated rings. The number of carbonyl (C=O) groups excluding carboxylic acids is 1. The number of benzene rings is 3. The highest BCUT2D eigenvalue weighted by atomic mass is 35.5. The van der Waals surface area contributed by atoms with Gasteiger partial charge < -0.3 is 14.0 Å². The van der Waals surface area contributed by atoms with Crippen molar-refractivity contribution in [2.75, 3.05) is 6.73 Å². The zero-order valence-electron chi connectivity index (χ0n) is 19.3. The van der Waals surface area contributed by atoms with Crippen molar-refractivity contribution in [3.63, 3.8) is 0 Å². The van der Waals surface area contributed by atoms with Gasteiger partial charge in [-0.3, -0.25) is 9.69 Å². The van der Waals surface area contributed by atoms with Gasteiger partial charge in [-0.1, -0.05) is 47.5 Å². The van der Waals surface area contributed by atoms with Crippen molar-refractivity contribution in [3.8, 4) is 11.5 Å². The van der Waals surface area contributed by atoms with Crippen LogP contribution in [0.3, 0.4) is 0 Å². The summed E-state index contributed by atoms with van der Waals surface area (Å²) in [5.41, 5.74) is 5.49. The predicted octanol–water partition coefficient (Wildman–Crippen LogP) is 6.76. The van der Waals surface area contributed by atoms with E-state index in [0.29, 0.717) is 46.9 Å². The Bertz CT molecular complexity index is 1550. The second-order valence-corrected chi connectivity index (χ2v) is 9.84. The van der Waals surface area contributed by atoms with Crippen molar-refractivity contribution >= 4 is 46.0 Å². The molecule has 4 aromatic rings. The molecule has 1 aromatic heterocycles. The summed E-state index contributed by atoms with van der Waals surface area (Å²) in [5, 5.41) is 2.14. The molecule has 6 rings (SSSR count). The van der Waals surface area contributed by atoms with Gasteiger partial charge in [0.2, 0.25) is 5.78 Å². The molecule has 0 spiro atoms. The zero-order valence-corrected chi connectivity index (χ0v) is 20.8. The highest BCUT2D eigenvalue weighted by Crippen LogP contribution is 2.43. The van der Waals surface area contributed by atoms with Gasteiger partial charge >= 0.3 is 0 Å². The van der Waals surface area contributed by atoms with E-state index in [4.69, 9.17) is 32.7 Å². The summed E-state index contributed by atoms with van der Waals surface area (Å²) in [4.78, 5) is 15.5. The topological polar surface area (TPSA) is 43.7 Å². The lowest BCUT2D eigenvalue weighted by atomic mass is 9.99. The lowest BCUT2D eigenvalue weighted by Gasteiger charge is -2.30. The highest BCUT2D eigenvalue weighted by molar-refractivity contribution is 6.42. The number of halogens is 2. The fourth-order valence-electron chi connectivity index (χ4n) is 4.92. The number of rotatable bonds is 3. The third-order valence-electron chi connectivity index (χ3n) is 6.61. The van der Waals surface area contributed by atoms with Crippen molar-refractivity contribution < 1.29 is 14.3 Å². The van der Waals surface area contributed by atoms with E-state index in [0.717, 1.165) is 38.9 Å². The Morgan fingerprint density at radius 3 is 2.71 bits per heavy atom. The van der Waals surface area contributed by atoms with Crippen LogP contribution in [0.4, 0.5) is 0 Å². The lowest BCUT2D eigenvalue weighted by Crippen LogP contribution is -2.32.